The van der Waals surface area contributed by atoms with Gasteiger partial charge in [-0.1, -0.05) is 18.7 Å². The van der Waals surface area contributed by atoms with E-state index in [1.807, 2.05) is 6.92 Å². The van der Waals surface area contributed by atoms with Gasteiger partial charge in [0.2, 0.25) is 0 Å². The smallest absolute Gasteiger partial charge is 0.158 e. The molecule has 0 aromatic carbocycles. The first-order chi connectivity index (χ1) is 5.76. The highest BCUT2D eigenvalue weighted by atomic mass is 32.2. The lowest BCUT2D eigenvalue weighted by Crippen LogP contribution is -2.26. The monoisotopic (exact) mass is 183 g/mol. The van der Waals surface area contributed by atoms with Crippen molar-refractivity contribution in [2.24, 2.45) is 4.99 Å². The molecule has 1 rings (SSSR count). The minimum atomic E-state index is 0.0431. The summed E-state index contributed by atoms with van der Waals surface area (Å²) < 4.78 is 0. The molecule has 0 radical (unpaired) electrons. The van der Waals surface area contributed by atoms with Crippen LogP contribution in [0.15, 0.2) is 4.99 Å². The van der Waals surface area contributed by atoms with Crippen LogP contribution in [-0.2, 0) is 0 Å². The van der Waals surface area contributed by atoms with Crippen molar-refractivity contribution in [3.05, 3.63) is 0 Å². The van der Waals surface area contributed by atoms with E-state index in [9.17, 15) is 0 Å². The zero-order valence-electron chi connectivity index (χ0n) is 7.37. The number of nitrogens with zero attached hydrogens (tertiary/aromatic N) is 2. The summed E-state index contributed by atoms with van der Waals surface area (Å²) in [5, 5.41) is 12.9. The number of hydrogen-bond acceptors (Lipinski definition) is 4. The van der Waals surface area contributed by atoms with Crippen molar-refractivity contribution in [2.75, 3.05) is 6.54 Å². The zero-order valence-corrected chi connectivity index (χ0v) is 8.19. The minimum Gasteiger partial charge on any atom is -0.361 e. The molecule has 0 aromatic rings. The Labute approximate surface area is 77.2 Å². The average Bonchev–Trinajstić information content (AvgIpc) is 2.47. The Morgan fingerprint density at radius 1 is 1.92 bits per heavy atom. The Balaban J connectivity index is 2.37. The van der Waals surface area contributed by atoms with E-state index in [0.717, 1.165) is 18.1 Å². The zero-order chi connectivity index (χ0) is 8.97. The number of rotatable bonds is 2. The Hall–Kier alpha value is -0.690. The van der Waals surface area contributed by atoms with Crippen LogP contribution in [0.4, 0.5) is 0 Å². The van der Waals surface area contributed by atoms with Crippen molar-refractivity contribution < 1.29 is 0 Å². The Morgan fingerprint density at radius 3 is 3.08 bits per heavy atom. The molecular formula is C8H13N3S. The van der Waals surface area contributed by atoms with Crippen LogP contribution in [-0.4, -0.2) is 23.0 Å². The highest BCUT2D eigenvalue weighted by Crippen LogP contribution is 2.17. The van der Waals surface area contributed by atoms with E-state index in [1.165, 1.54) is 11.8 Å². The molecule has 2 atom stereocenters. The Kier molecular flexibility index (Phi) is 3.42. The molecular weight excluding hydrogens is 170 g/mol. The van der Waals surface area contributed by atoms with E-state index < -0.39 is 0 Å². The van der Waals surface area contributed by atoms with Gasteiger partial charge in [0.05, 0.1) is 17.9 Å². The second kappa shape index (κ2) is 4.36. The minimum absolute atomic E-state index is 0.0431. The first-order valence-electron chi connectivity index (χ1n) is 4.13. The van der Waals surface area contributed by atoms with Crippen LogP contribution in [0.3, 0.4) is 0 Å². The predicted molar refractivity (Wildman–Crippen MR) is 52.2 cm³/mol. The van der Waals surface area contributed by atoms with Gasteiger partial charge in [-0.15, -0.1) is 0 Å². The molecule has 3 nitrogen and oxygen atoms in total. The van der Waals surface area contributed by atoms with E-state index >= 15 is 0 Å². The molecule has 2 unspecified atom stereocenters. The maximum Gasteiger partial charge on any atom is 0.158 e. The standard InChI is InChI=1S/C8H13N3S/c1-3-7(4-9)12-8-10-5-6(2)11-8/h6-7H,3,5H2,1-2H3,(H,10,11). The van der Waals surface area contributed by atoms with Crippen LogP contribution in [0.5, 0.6) is 0 Å². The van der Waals surface area contributed by atoms with Gasteiger partial charge in [0.25, 0.3) is 0 Å². The summed E-state index contributed by atoms with van der Waals surface area (Å²) in [6.07, 6.45) is 0.871. The fourth-order valence-corrected chi connectivity index (χ4v) is 1.84. The molecule has 0 aliphatic carbocycles. The number of aliphatic imine (C=N–C) groups is 1. The Morgan fingerprint density at radius 2 is 2.67 bits per heavy atom. The molecule has 1 aliphatic rings. The van der Waals surface area contributed by atoms with Crippen LogP contribution in [0.1, 0.15) is 20.3 Å². The molecule has 0 aromatic heterocycles. The highest BCUT2D eigenvalue weighted by Gasteiger charge is 2.16. The van der Waals surface area contributed by atoms with E-state index in [4.69, 9.17) is 5.26 Å². The molecule has 1 N–H and O–H groups in total. The SMILES string of the molecule is CCC(C#N)SC1=NCC(C)N1. The molecule has 0 saturated heterocycles. The second-order valence-electron chi connectivity index (χ2n) is 2.84. The molecule has 0 spiro atoms. The topological polar surface area (TPSA) is 48.2 Å². The maximum atomic E-state index is 8.70. The summed E-state index contributed by atoms with van der Waals surface area (Å²) >= 11 is 1.53. The van der Waals surface area contributed by atoms with Crippen LogP contribution in [0, 0.1) is 11.3 Å². The van der Waals surface area contributed by atoms with Crippen molar-refractivity contribution in [2.45, 2.75) is 31.6 Å². The van der Waals surface area contributed by atoms with E-state index in [-0.39, 0.29) is 5.25 Å². The first-order valence-corrected chi connectivity index (χ1v) is 5.01. The lowest BCUT2D eigenvalue weighted by molar-refractivity contribution is 0.728. The Bertz CT molecular complexity index is 219. The number of nitrogens with one attached hydrogen (secondary N) is 1. The molecule has 0 amide bonds. The van der Waals surface area contributed by atoms with Crippen LogP contribution < -0.4 is 5.32 Å². The molecule has 12 heavy (non-hydrogen) atoms. The molecule has 4 heteroatoms. The third-order valence-electron chi connectivity index (χ3n) is 1.65. The lowest BCUT2D eigenvalue weighted by atomic mass is 10.4. The molecule has 0 saturated carbocycles. The van der Waals surface area contributed by atoms with Gasteiger partial charge in [0.15, 0.2) is 5.17 Å². The number of thioether (sulfide) groups is 1. The number of nitriles is 1. The van der Waals surface area contributed by atoms with Gasteiger partial charge >= 0.3 is 0 Å². The number of amidine groups is 1. The summed E-state index contributed by atoms with van der Waals surface area (Å²) in [4.78, 5) is 4.27. The predicted octanol–water partition coefficient (Wildman–Crippen LogP) is 1.37. The van der Waals surface area contributed by atoms with Gasteiger partial charge < -0.3 is 5.32 Å². The van der Waals surface area contributed by atoms with Crippen LogP contribution in [0.2, 0.25) is 0 Å². The van der Waals surface area contributed by atoms with Crippen molar-refractivity contribution in [1.29, 1.82) is 5.26 Å². The third-order valence-corrected chi connectivity index (χ3v) is 2.84. The molecule has 0 bridgehead atoms. The quantitative estimate of drug-likeness (QED) is 0.703. The third kappa shape index (κ3) is 2.42. The normalized spacial score (nSPS) is 24.1. The summed E-state index contributed by atoms with van der Waals surface area (Å²) in [5.41, 5.74) is 0. The van der Waals surface area contributed by atoms with Gasteiger partial charge in [-0.2, -0.15) is 5.26 Å². The van der Waals surface area contributed by atoms with Crippen molar-refractivity contribution in [1.82, 2.24) is 5.32 Å². The first kappa shape index (κ1) is 9.40. The van der Waals surface area contributed by atoms with Gasteiger partial charge in [-0.05, 0) is 13.3 Å². The van der Waals surface area contributed by atoms with Crippen molar-refractivity contribution in [3.8, 4) is 6.07 Å². The summed E-state index contributed by atoms with van der Waals surface area (Å²) in [5.74, 6) is 0. The summed E-state index contributed by atoms with van der Waals surface area (Å²) in [7, 11) is 0. The molecule has 1 aliphatic heterocycles. The van der Waals surface area contributed by atoms with Crippen LogP contribution >= 0.6 is 11.8 Å². The largest absolute Gasteiger partial charge is 0.361 e. The number of hydrogen-bond donors (Lipinski definition) is 1. The van der Waals surface area contributed by atoms with Gasteiger partial charge in [-0.3, -0.25) is 4.99 Å². The summed E-state index contributed by atoms with van der Waals surface area (Å²) in [6.45, 7) is 4.94. The fourth-order valence-electron chi connectivity index (χ4n) is 0.929. The van der Waals surface area contributed by atoms with Crippen LogP contribution in [0.25, 0.3) is 0 Å². The maximum absolute atomic E-state index is 8.70. The van der Waals surface area contributed by atoms with E-state index in [2.05, 4.69) is 23.3 Å². The lowest BCUT2D eigenvalue weighted by Gasteiger charge is -2.07. The van der Waals surface area contributed by atoms with Gasteiger partial charge in [0.1, 0.15) is 0 Å². The van der Waals surface area contributed by atoms with Gasteiger partial charge in [-0.25, -0.2) is 0 Å². The van der Waals surface area contributed by atoms with Gasteiger partial charge in [0, 0.05) is 6.04 Å². The average molecular weight is 183 g/mol. The second-order valence-corrected chi connectivity index (χ2v) is 4.03. The fraction of sp³-hybridized carbons (Fsp3) is 0.750. The highest BCUT2D eigenvalue weighted by molar-refractivity contribution is 8.14. The molecule has 0 fully saturated rings. The van der Waals surface area contributed by atoms with E-state index in [0.29, 0.717) is 6.04 Å². The van der Waals surface area contributed by atoms with Crippen molar-refractivity contribution >= 4 is 16.9 Å². The van der Waals surface area contributed by atoms with E-state index in [1.54, 1.807) is 0 Å². The molecule has 66 valence electrons. The molecule has 1 heterocycles. The van der Waals surface area contributed by atoms with Crippen molar-refractivity contribution in [3.63, 3.8) is 0 Å². The summed E-state index contributed by atoms with van der Waals surface area (Å²) in [6, 6.07) is 2.67.